The number of benzene rings is 1. The number of rotatable bonds is 3. The molecule has 0 radical (unpaired) electrons. The summed E-state index contributed by atoms with van der Waals surface area (Å²) < 4.78 is 28.2. The third kappa shape index (κ3) is 2.69. The van der Waals surface area contributed by atoms with Gasteiger partial charge in [0.05, 0.1) is 6.04 Å². The van der Waals surface area contributed by atoms with Crippen LogP contribution < -0.4 is 5.32 Å². The molecule has 0 saturated carbocycles. The van der Waals surface area contributed by atoms with Crippen molar-refractivity contribution in [1.29, 1.82) is 0 Å². The minimum absolute atomic E-state index is 0.161. The van der Waals surface area contributed by atoms with E-state index in [4.69, 9.17) is 5.11 Å². The average molecular weight is 294 g/mol. The van der Waals surface area contributed by atoms with E-state index < -0.39 is 17.6 Å². The molecule has 6 nitrogen and oxygen atoms in total. The van der Waals surface area contributed by atoms with Gasteiger partial charge in [0.15, 0.2) is 5.82 Å². The van der Waals surface area contributed by atoms with E-state index in [0.717, 1.165) is 6.07 Å². The predicted octanol–water partition coefficient (Wildman–Crippen LogP) is 1.59. The number of aliphatic carboxylic acids is 1. The van der Waals surface area contributed by atoms with Crippen molar-refractivity contribution < 1.29 is 18.7 Å². The van der Waals surface area contributed by atoms with Crippen LogP contribution in [0.3, 0.4) is 0 Å². The number of anilines is 1. The molecule has 1 aromatic heterocycles. The van der Waals surface area contributed by atoms with Gasteiger partial charge in [0.25, 0.3) is 0 Å². The second-order valence-electron chi connectivity index (χ2n) is 4.80. The second kappa shape index (κ2) is 5.12. The molecule has 0 bridgehead atoms. The van der Waals surface area contributed by atoms with Gasteiger partial charge in [-0.15, -0.1) is 0 Å². The number of nitrogens with one attached hydrogen (secondary N) is 1. The van der Waals surface area contributed by atoms with Crippen LogP contribution in [-0.2, 0) is 11.2 Å². The number of fused-ring (bicyclic) bond motifs is 1. The van der Waals surface area contributed by atoms with Gasteiger partial charge in [-0.05, 0) is 24.1 Å². The van der Waals surface area contributed by atoms with Crippen molar-refractivity contribution in [2.45, 2.75) is 18.9 Å². The van der Waals surface area contributed by atoms with Gasteiger partial charge in [-0.3, -0.25) is 4.79 Å². The van der Waals surface area contributed by atoms with Crippen molar-refractivity contribution in [1.82, 2.24) is 14.8 Å². The Morgan fingerprint density at radius 2 is 2.10 bits per heavy atom. The molecule has 1 aliphatic rings. The van der Waals surface area contributed by atoms with E-state index in [2.05, 4.69) is 15.4 Å². The zero-order chi connectivity index (χ0) is 15.0. The standard InChI is InChI=1S/C13H12F2N4O2/c14-8-3-7(4-9(15)5-8)10-1-2-16-13-17-11(6-12(20)21)18-19(10)13/h3-5,10H,1-2,6H2,(H,20,21)(H,16,17,18). The summed E-state index contributed by atoms with van der Waals surface area (Å²) in [5.74, 6) is -1.78. The maximum Gasteiger partial charge on any atom is 0.311 e. The molecule has 3 rings (SSSR count). The highest BCUT2D eigenvalue weighted by Crippen LogP contribution is 2.29. The fourth-order valence-electron chi connectivity index (χ4n) is 2.43. The summed E-state index contributed by atoms with van der Waals surface area (Å²) >= 11 is 0. The fourth-order valence-corrected chi connectivity index (χ4v) is 2.43. The van der Waals surface area contributed by atoms with Crippen LogP contribution in [0.25, 0.3) is 0 Å². The first kappa shape index (κ1) is 13.5. The maximum atomic E-state index is 13.4. The van der Waals surface area contributed by atoms with Crippen molar-refractivity contribution in [3.05, 3.63) is 41.2 Å². The lowest BCUT2D eigenvalue weighted by atomic mass is 10.0. The van der Waals surface area contributed by atoms with Gasteiger partial charge in [-0.1, -0.05) is 0 Å². The molecule has 2 aromatic rings. The third-order valence-corrected chi connectivity index (χ3v) is 3.25. The molecule has 1 aromatic carbocycles. The Morgan fingerprint density at radius 3 is 2.76 bits per heavy atom. The quantitative estimate of drug-likeness (QED) is 0.898. The number of carboxylic acid groups (broad SMARTS) is 1. The van der Waals surface area contributed by atoms with Gasteiger partial charge >= 0.3 is 5.97 Å². The monoisotopic (exact) mass is 294 g/mol. The number of carboxylic acids is 1. The van der Waals surface area contributed by atoms with Crippen LogP contribution in [-0.4, -0.2) is 32.4 Å². The molecule has 8 heteroatoms. The molecular weight excluding hydrogens is 282 g/mol. The van der Waals surface area contributed by atoms with Gasteiger partial charge in [-0.25, -0.2) is 13.5 Å². The van der Waals surface area contributed by atoms with Gasteiger partial charge < -0.3 is 10.4 Å². The summed E-state index contributed by atoms with van der Waals surface area (Å²) in [5.41, 5.74) is 0.446. The molecule has 2 N–H and O–H groups in total. The molecule has 0 spiro atoms. The van der Waals surface area contributed by atoms with Crippen LogP contribution in [0.15, 0.2) is 18.2 Å². The molecule has 0 fully saturated rings. The van der Waals surface area contributed by atoms with E-state index >= 15 is 0 Å². The van der Waals surface area contributed by atoms with Gasteiger partial charge in [0, 0.05) is 12.6 Å². The molecule has 1 aliphatic heterocycles. The third-order valence-electron chi connectivity index (χ3n) is 3.25. The second-order valence-corrected chi connectivity index (χ2v) is 4.80. The predicted molar refractivity (Wildman–Crippen MR) is 69.0 cm³/mol. The van der Waals surface area contributed by atoms with Crippen LogP contribution in [0.1, 0.15) is 23.9 Å². The number of hydrogen-bond acceptors (Lipinski definition) is 4. The first-order valence-electron chi connectivity index (χ1n) is 6.40. The van der Waals surface area contributed by atoms with Crippen LogP contribution in [0, 0.1) is 11.6 Å². The molecule has 0 aliphatic carbocycles. The summed E-state index contributed by atoms with van der Waals surface area (Å²) in [6.07, 6.45) is 0.275. The Morgan fingerprint density at radius 1 is 1.38 bits per heavy atom. The van der Waals surface area contributed by atoms with Crippen molar-refractivity contribution in [3.63, 3.8) is 0 Å². The van der Waals surface area contributed by atoms with Crippen molar-refractivity contribution >= 4 is 11.9 Å². The Hall–Kier alpha value is -2.51. The van der Waals surface area contributed by atoms with E-state index in [1.165, 1.54) is 16.8 Å². The van der Waals surface area contributed by atoms with Gasteiger partial charge in [-0.2, -0.15) is 10.1 Å². The normalized spacial score (nSPS) is 17.1. The number of halogens is 2. The first-order chi connectivity index (χ1) is 10.0. The molecule has 1 unspecified atom stereocenters. The van der Waals surface area contributed by atoms with E-state index in [9.17, 15) is 13.6 Å². The number of nitrogens with zero attached hydrogens (tertiary/aromatic N) is 3. The smallest absolute Gasteiger partial charge is 0.311 e. The maximum absolute atomic E-state index is 13.4. The Labute approximate surface area is 118 Å². The fraction of sp³-hybridized carbons (Fsp3) is 0.308. The Kier molecular flexibility index (Phi) is 3.28. The molecule has 0 saturated heterocycles. The highest BCUT2D eigenvalue weighted by atomic mass is 19.1. The topological polar surface area (TPSA) is 80.0 Å². The van der Waals surface area contributed by atoms with Crippen LogP contribution in [0.5, 0.6) is 0 Å². The summed E-state index contributed by atoms with van der Waals surface area (Å²) in [7, 11) is 0. The van der Waals surface area contributed by atoms with Crippen LogP contribution in [0.2, 0.25) is 0 Å². The van der Waals surface area contributed by atoms with E-state index in [1.54, 1.807) is 0 Å². The number of aromatic nitrogens is 3. The molecule has 1 atom stereocenters. The molecule has 2 heterocycles. The van der Waals surface area contributed by atoms with Crippen molar-refractivity contribution in [3.8, 4) is 0 Å². The molecular formula is C13H12F2N4O2. The zero-order valence-corrected chi connectivity index (χ0v) is 10.9. The van der Waals surface area contributed by atoms with E-state index in [1.807, 2.05) is 0 Å². The number of hydrogen-bond donors (Lipinski definition) is 2. The summed E-state index contributed by atoms with van der Waals surface area (Å²) in [4.78, 5) is 14.8. The van der Waals surface area contributed by atoms with E-state index in [0.29, 0.717) is 24.5 Å². The summed E-state index contributed by atoms with van der Waals surface area (Å²) in [5, 5.41) is 15.9. The average Bonchev–Trinajstić information content (AvgIpc) is 2.78. The largest absolute Gasteiger partial charge is 0.481 e. The number of carbonyl (C=O) groups is 1. The van der Waals surface area contributed by atoms with E-state index in [-0.39, 0.29) is 18.3 Å². The highest BCUT2D eigenvalue weighted by molar-refractivity contribution is 5.69. The minimum Gasteiger partial charge on any atom is -0.481 e. The first-order valence-corrected chi connectivity index (χ1v) is 6.40. The molecule has 0 amide bonds. The lowest BCUT2D eigenvalue weighted by Gasteiger charge is -2.24. The Bertz CT molecular complexity index is 681. The molecule has 110 valence electrons. The Balaban J connectivity index is 1.99. The van der Waals surface area contributed by atoms with Gasteiger partial charge in [0.2, 0.25) is 5.95 Å². The summed E-state index contributed by atoms with van der Waals surface area (Å²) in [6, 6.07) is 2.94. The lowest BCUT2D eigenvalue weighted by molar-refractivity contribution is -0.136. The lowest BCUT2D eigenvalue weighted by Crippen LogP contribution is -2.25. The van der Waals surface area contributed by atoms with Crippen molar-refractivity contribution in [2.24, 2.45) is 0 Å². The van der Waals surface area contributed by atoms with Crippen molar-refractivity contribution in [2.75, 3.05) is 11.9 Å². The van der Waals surface area contributed by atoms with Crippen LogP contribution in [0.4, 0.5) is 14.7 Å². The molecule has 21 heavy (non-hydrogen) atoms. The van der Waals surface area contributed by atoms with Gasteiger partial charge in [0.1, 0.15) is 18.1 Å². The highest BCUT2D eigenvalue weighted by Gasteiger charge is 2.25. The zero-order valence-electron chi connectivity index (χ0n) is 10.9. The summed E-state index contributed by atoms with van der Waals surface area (Å²) in [6.45, 7) is 0.563. The van der Waals surface area contributed by atoms with Crippen LogP contribution >= 0.6 is 0 Å². The SMILES string of the molecule is O=C(O)Cc1nc2n(n1)C(c1cc(F)cc(F)c1)CCN2. The minimum atomic E-state index is -1.04.